The molecule has 0 aliphatic rings. The number of rotatable bonds is 6. The predicted molar refractivity (Wildman–Crippen MR) is 82.9 cm³/mol. The Kier molecular flexibility index (Phi) is 6.50. The fourth-order valence-electron chi connectivity index (χ4n) is 1.94. The molecule has 0 aliphatic carbocycles. The SMILES string of the molecule is C[C@@H](Cl)CN(CC(=O)OC(C)(C)C)Cc1ccccc1. The molecule has 0 amide bonds. The molecule has 4 heteroatoms. The van der Waals surface area contributed by atoms with Crippen molar-refractivity contribution in [1.82, 2.24) is 4.90 Å². The van der Waals surface area contributed by atoms with Crippen LogP contribution in [0.25, 0.3) is 0 Å². The molecule has 0 saturated heterocycles. The smallest absolute Gasteiger partial charge is 0.320 e. The van der Waals surface area contributed by atoms with E-state index in [0.717, 1.165) is 5.56 Å². The van der Waals surface area contributed by atoms with Crippen LogP contribution in [0.1, 0.15) is 33.3 Å². The summed E-state index contributed by atoms with van der Waals surface area (Å²) in [6.07, 6.45) is 0. The number of nitrogens with zero attached hydrogens (tertiary/aromatic N) is 1. The van der Waals surface area contributed by atoms with Crippen molar-refractivity contribution < 1.29 is 9.53 Å². The Labute approximate surface area is 126 Å². The van der Waals surface area contributed by atoms with Crippen molar-refractivity contribution in [2.75, 3.05) is 13.1 Å². The van der Waals surface area contributed by atoms with Crippen LogP contribution in [-0.2, 0) is 16.1 Å². The second-order valence-electron chi connectivity index (χ2n) is 6.02. The van der Waals surface area contributed by atoms with Crippen molar-refractivity contribution in [3.63, 3.8) is 0 Å². The van der Waals surface area contributed by atoms with Gasteiger partial charge in [-0.25, -0.2) is 0 Å². The van der Waals surface area contributed by atoms with Gasteiger partial charge in [0, 0.05) is 18.5 Å². The van der Waals surface area contributed by atoms with E-state index in [-0.39, 0.29) is 17.9 Å². The molecule has 0 N–H and O–H groups in total. The van der Waals surface area contributed by atoms with Crippen molar-refractivity contribution in [2.45, 2.75) is 45.2 Å². The van der Waals surface area contributed by atoms with E-state index in [4.69, 9.17) is 16.3 Å². The summed E-state index contributed by atoms with van der Waals surface area (Å²) in [7, 11) is 0. The third-order valence-electron chi connectivity index (χ3n) is 2.53. The monoisotopic (exact) mass is 297 g/mol. The largest absolute Gasteiger partial charge is 0.459 e. The maximum Gasteiger partial charge on any atom is 0.320 e. The lowest BCUT2D eigenvalue weighted by Crippen LogP contribution is -2.37. The van der Waals surface area contributed by atoms with Gasteiger partial charge in [-0.3, -0.25) is 9.69 Å². The summed E-state index contributed by atoms with van der Waals surface area (Å²) in [5.41, 5.74) is 0.704. The molecule has 1 atom stereocenters. The highest BCUT2D eigenvalue weighted by molar-refractivity contribution is 6.20. The number of alkyl halides is 1. The molecule has 0 radical (unpaired) electrons. The molecule has 1 rings (SSSR count). The molecular weight excluding hydrogens is 274 g/mol. The number of hydrogen-bond acceptors (Lipinski definition) is 3. The minimum absolute atomic E-state index is 0.0128. The third kappa shape index (κ3) is 7.51. The molecule has 1 aromatic carbocycles. The standard InChI is InChI=1S/C16H24ClNO2/c1-13(17)10-18(11-14-8-6-5-7-9-14)12-15(19)20-16(2,3)4/h5-9,13H,10-12H2,1-4H3/t13-/m1/s1. The first kappa shape index (κ1) is 17.0. The molecule has 20 heavy (non-hydrogen) atoms. The number of benzene rings is 1. The fraction of sp³-hybridized carbons (Fsp3) is 0.562. The van der Waals surface area contributed by atoms with Gasteiger partial charge >= 0.3 is 5.97 Å². The number of carbonyl (C=O) groups is 1. The molecule has 0 saturated carbocycles. The van der Waals surface area contributed by atoms with E-state index >= 15 is 0 Å². The molecular formula is C16H24ClNO2. The molecule has 0 fully saturated rings. The van der Waals surface area contributed by atoms with E-state index in [1.54, 1.807) is 0 Å². The van der Waals surface area contributed by atoms with E-state index in [9.17, 15) is 4.79 Å². The Bertz CT molecular complexity index is 412. The Hall–Kier alpha value is -1.06. The lowest BCUT2D eigenvalue weighted by Gasteiger charge is -2.25. The minimum atomic E-state index is -0.456. The van der Waals surface area contributed by atoms with Crippen molar-refractivity contribution in [3.8, 4) is 0 Å². The van der Waals surface area contributed by atoms with Crippen LogP contribution in [0.3, 0.4) is 0 Å². The Morgan fingerprint density at radius 3 is 2.40 bits per heavy atom. The van der Waals surface area contributed by atoms with E-state index in [2.05, 4.69) is 0 Å². The minimum Gasteiger partial charge on any atom is -0.459 e. The molecule has 0 heterocycles. The first-order valence-electron chi connectivity index (χ1n) is 6.88. The highest BCUT2D eigenvalue weighted by atomic mass is 35.5. The van der Waals surface area contributed by atoms with Gasteiger partial charge in [0.05, 0.1) is 6.54 Å². The zero-order valence-electron chi connectivity index (χ0n) is 12.7. The zero-order chi connectivity index (χ0) is 15.2. The molecule has 0 bridgehead atoms. The van der Waals surface area contributed by atoms with Gasteiger partial charge < -0.3 is 4.74 Å². The quantitative estimate of drug-likeness (QED) is 0.595. The van der Waals surface area contributed by atoms with Gasteiger partial charge in [-0.2, -0.15) is 0 Å². The van der Waals surface area contributed by atoms with Gasteiger partial charge in [-0.1, -0.05) is 30.3 Å². The normalized spacial score (nSPS) is 13.3. The summed E-state index contributed by atoms with van der Waals surface area (Å²) in [6.45, 7) is 9.13. The maximum atomic E-state index is 11.9. The molecule has 0 spiro atoms. The second kappa shape index (κ2) is 7.65. The first-order chi connectivity index (χ1) is 9.26. The molecule has 3 nitrogen and oxygen atoms in total. The Balaban J connectivity index is 2.63. The highest BCUT2D eigenvalue weighted by Crippen LogP contribution is 2.11. The Morgan fingerprint density at radius 1 is 1.30 bits per heavy atom. The van der Waals surface area contributed by atoms with Crippen molar-refractivity contribution in [1.29, 1.82) is 0 Å². The number of carbonyl (C=O) groups excluding carboxylic acids is 1. The van der Waals surface area contributed by atoms with Crippen LogP contribution in [0.5, 0.6) is 0 Å². The van der Waals surface area contributed by atoms with Gasteiger partial charge in [0.25, 0.3) is 0 Å². The van der Waals surface area contributed by atoms with Crippen molar-refractivity contribution >= 4 is 17.6 Å². The average molecular weight is 298 g/mol. The van der Waals surface area contributed by atoms with Gasteiger partial charge in [-0.05, 0) is 33.3 Å². The summed E-state index contributed by atoms with van der Waals surface area (Å²) in [6, 6.07) is 10.0. The van der Waals surface area contributed by atoms with Gasteiger partial charge in [0.1, 0.15) is 5.60 Å². The predicted octanol–water partition coefficient (Wildman–Crippen LogP) is 3.46. The zero-order valence-corrected chi connectivity index (χ0v) is 13.5. The van der Waals surface area contributed by atoms with E-state index in [1.165, 1.54) is 0 Å². The highest BCUT2D eigenvalue weighted by Gasteiger charge is 2.20. The number of hydrogen-bond donors (Lipinski definition) is 0. The fourth-order valence-corrected chi connectivity index (χ4v) is 2.13. The number of halogens is 1. The third-order valence-corrected chi connectivity index (χ3v) is 2.67. The topological polar surface area (TPSA) is 29.5 Å². The lowest BCUT2D eigenvalue weighted by molar-refractivity contribution is -0.156. The molecule has 0 aliphatic heterocycles. The van der Waals surface area contributed by atoms with Crippen LogP contribution < -0.4 is 0 Å². The average Bonchev–Trinajstić information content (AvgIpc) is 2.26. The van der Waals surface area contributed by atoms with Crippen LogP contribution in [0.15, 0.2) is 30.3 Å². The van der Waals surface area contributed by atoms with Gasteiger partial charge in [0.15, 0.2) is 0 Å². The summed E-state index contributed by atoms with van der Waals surface area (Å²) in [5, 5.41) is -0.0128. The summed E-state index contributed by atoms with van der Waals surface area (Å²) in [5.74, 6) is -0.217. The summed E-state index contributed by atoms with van der Waals surface area (Å²) in [4.78, 5) is 13.9. The second-order valence-corrected chi connectivity index (χ2v) is 6.77. The number of esters is 1. The first-order valence-corrected chi connectivity index (χ1v) is 7.32. The van der Waals surface area contributed by atoms with E-state index in [1.807, 2.05) is 62.9 Å². The van der Waals surface area contributed by atoms with Gasteiger partial charge in [-0.15, -0.1) is 11.6 Å². The van der Waals surface area contributed by atoms with Crippen LogP contribution in [0.2, 0.25) is 0 Å². The van der Waals surface area contributed by atoms with Crippen LogP contribution in [0.4, 0.5) is 0 Å². The molecule has 0 aromatic heterocycles. The van der Waals surface area contributed by atoms with Crippen LogP contribution in [-0.4, -0.2) is 34.9 Å². The van der Waals surface area contributed by atoms with E-state index in [0.29, 0.717) is 13.1 Å². The number of ether oxygens (including phenoxy) is 1. The summed E-state index contributed by atoms with van der Waals surface area (Å²) < 4.78 is 5.36. The summed E-state index contributed by atoms with van der Waals surface area (Å²) >= 11 is 6.06. The van der Waals surface area contributed by atoms with Crippen LogP contribution >= 0.6 is 11.6 Å². The maximum absolute atomic E-state index is 11.9. The van der Waals surface area contributed by atoms with Crippen molar-refractivity contribution in [2.24, 2.45) is 0 Å². The van der Waals surface area contributed by atoms with Crippen LogP contribution in [0, 0.1) is 0 Å². The Morgan fingerprint density at radius 2 is 1.90 bits per heavy atom. The van der Waals surface area contributed by atoms with Gasteiger partial charge in [0.2, 0.25) is 0 Å². The van der Waals surface area contributed by atoms with Crippen molar-refractivity contribution in [3.05, 3.63) is 35.9 Å². The van der Waals surface area contributed by atoms with E-state index < -0.39 is 5.60 Å². The molecule has 112 valence electrons. The molecule has 1 aromatic rings. The molecule has 0 unspecified atom stereocenters. The lowest BCUT2D eigenvalue weighted by atomic mass is 10.2.